The molecule has 0 aromatic heterocycles. The lowest BCUT2D eigenvalue weighted by Crippen LogP contribution is -2.38. The number of esters is 1. The zero-order valence-corrected chi connectivity index (χ0v) is 13.1. The molecule has 0 spiro atoms. The number of nitrogen functional groups attached to an aromatic ring is 1. The minimum absolute atomic E-state index is 0.0667. The Hall–Kier alpha value is -1.46. The second-order valence-corrected chi connectivity index (χ2v) is 5.64. The molecule has 114 valence electrons. The largest absolute Gasteiger partial charge is 0.465 e. The summed E-state index contributed by atoms with van der Waals surface area (Å²) in [7, 11) is 0. The Morgan fingerprint density at radius 3 is 2.38 bits per heavy atom. The molecule has 1 aliphatic carbocycles. The molecular formula is C14H16Cl2N2O3. The van der Waals surface area contributed by atoms with Gasteiger partial charge in [-0.3, -0.25) is 9.59 Å². The summed E-state index contributed by atoms with van der Waals surface area (Å²) in [5.74, 6) is -0.722. The topological polar surface area (TPSA) is 72.6 Å². The molecule has 1 saturated carbocycles. The van der Waals surface area contributed by atoms with Gasteiger partial charge in [-0.05, 0) is 31.9 Å². The van der Waals surface area contributed by atoms with Crippen LogP contribution in [0.4, 0.5) is 5.69 Å². The van der Waals surface area contributed by atoms with Crippen molar-refractivity contribution in [2.24, 2.45) is 0 Å². The van der Waals surface area contributed by atoms with E-state index >= 15 is 0 Å². The first-order valence-electron chi connectivity index (χ1n) is 6.65. The number of ether oxygens (including phenoxy) is 1. The lowest BCUT2D eigenvalue weighted by atomic mass is 10.1. The lowest BCUT2D eigenvalue weighted by molar-refractivity contribution is -0.144. The van der Waals surface area contributed by atoms with E-state index in [0.717, 1.165) is 12.8 Å². The van der Waals surface area contributed by atoms with Crippen molar-refractivity contribution in [2.45, 2.75) is 25.8 Å². The number of hydrogen-bond donors (Lipinski definition) is 1. The van der Waals surface area contributed by atoms with Gasteiger partial charge in [-0.2, -0.15) is 0 Å². The molecular weight excluding hydrogens is 315 g/mol. The van der Waals surface area contributed by atoms with Crippen LogP contribution in [0, 0.1) is 0 Å². The summed E-state index contributed by atoms with van der Waals surface area (Å²) in [6, 6.07) is 2.99. The summed E-state index contributed by atoms with van der Waals surface area (Å²) in [6.45, 7) is 1.93. The molecule has 0 saturated heterocycles. The lowest BCUT2D eigenvalue weighted by Gasteiger charge is -2.21. The number of nitrogens with zero attached hydrogens (tertiary/aromatic N) is 1. The van der Waals surface area contributed by atoms with E-state index in [1.807, 2.05) is 0 Å². The van der Waals surface area contributed by atoms with Crippen molar-refractivity contribution in [1.29, 1.82) is 0 Å². The SMILES string of the molecule is CCOC(=O)CN(C(=O)c1cc(Cl)c(N)c(Cl)c1)C1CC1. The Kier molecular flexibility index (Phi) is 4.96. The average molecular weight is 331 g/mol. The predicted molar refractivity (Wildman–Crippen MR) is 81.6 cm³/mol. The molecule has 0 bridgehead atoms. The van der Waals surface area contributed by atoms with E-state index < -0.39 is 5.97 Å². The maximum absolute atomic E-state index is 12.5. The van der Waals surface area contributed by atoms with Gasteiger partial charge in [0.1, 0.15) is 6.54 Å². The predicted octanol–water partition coefficient (Wildman–Crippen LogP) is 2.74. The summed E-state index contributed by atoms with van der Waals surface area (Å²) in [5, 5.41) is 0.440. The standard InChI is InChI=1S/C14H16Cl2N2O3/c1-2-21-12(19)7-18(9-3-4-9)14(20)8-5-10(15)13(17)11(16)6-8/h5-6,9H,2-4,7,17H2,1H3. The highest BCUT2D eigenvalue weighted by Gasteiger charge is 2.35. The van der Waals surface area contributed by atoms with Crippen LogP contribution in [-0.2, 0) is 9.53 Å². The maximum Gasteiger partial charge on any atom is 0.325 e. The fourth-order valence-corrected chi connectivity index (χ4v) is 2.46. The highest BCUT2D eigenvalue weighted by atomic mass is 35.5. The first-order chi connectivity index (χ1) is 9.93. The van der Waals surface area contributed by atoms with E-state index in [2.05, 4.69) is 0 Å². The van der Waals surface area contributed by atoms with Crippen molar-refractivity contribution in [3.8, 4) is 0 Å². The van der Waals surface area contributed by atoms with Crippen molar-refractivity contribution < 1.29 is 14.3 Å². The molecule has 1 fully saturated rings. The van der Waals surface area contributed by atoms with Crippen LogP contribution >= 0.6 is 23.2 Å². The Bertz CT molecular complexity index is 550. The highest BCUT2D eigenvalue weighted by Crippen LogP contribution is 2.32. The van der Waals surface area contributed by atoms with E-state index in [4.69, 9.17) is 33.7 Å². The van der Waals surface area contributed by atoms with Crippen LogP contribution in [0.1, 0.15) is 30.1 Å². The molecule has 2 rings (SSSR count). The highest BCUT2D eigenvalue weighted by molar-refractivity contribution is 6.39. The number of halogens is 2. The van der Waals surface area contributed by atoms with E-state index in [1.165, 1.54) is 17.0 Å². The van der Waals surface area contributed by atoms with E-state index in [1.54, 1.807) is 6.92 Å². The van der Waals surface area contributed by atoms with Crippen LogP contribution in [-0.4, -0.2) is 36.0 Å². The van der Waals surface area contributed by atoms with Gasteiger partial charge in [0.15, 0.2) is 0 Å². The van der Waals surface area contributed by atoms with Gasteiger partial charge in [-0.15, -0.1) is 0 Å². The average Bonchev–Trinajstić information content (AvgIpc) is 3.25. The third-order valence-electron chi connectivity index (χ3n) is 3.18. The summed E-state index contributed by atoms with van der Waals surface area (Å²) >= 11 is 11.9. The monoisotopic (exact) mass is 330 g/mol. The van der Waals surface area contributed by atoms with Crippen molar-refractivity contribution in [1.82, 2.24) is 4.90 Å². The van der Waals surface area contributed by atoms with Gasteiger partial charge in [-0.25, -0.2) is 0 Å². The van der Waals surface area contributed by atoms with E-state index in [9.17, 15) is 9.59 Å². The van der Waals surface area contributed by atoms with Gasteiger partial charge in [0.25, 0.3) is 5.91 Å². The minimum atomic E-state index is -0.426. The van der Waals surface area contributed by atoms with Crippen LogP contribution in [0.5, 0.6) is 0 Å². The molecule has 1 aromatic rings. The first-order valence-corrected chi connectivity index (χ1v) is 7.40. The molecule has 7 heteroatoms. The Balaban J connectivity index is 2.20. The Labute approximate surface area is 132 Å². The maximum atomic E-state index is 12.5. The van der Waals surface area contributed by atoms with Crippen LogP contribution in [0.3, 0.4) is 0 Å². The van der Waals surface area contributed by atoms with Gasteiger partial charge < -0.3 is 15.4 Å². The van der Waals surface area contributed by atoms with Crippen molar-refractivity contribution >= 4 is 40.8 Å². The molecule has 2 N–H and O–H groups in total. The normalized spacial score (nSPS) is 13.9. The molecule has 1 amide bonds. The smallest absolute Gasteiger partial charge is 0.325 e. The molecule has 1 aliphatic rings. The number of benzene rings is 1. The zero-order chi connectivity index (χ0) is 15.6. The van der Waals surface area contributed by atoms with Crippen LogP contribution in [0.25, 0.3) is 0 Å². The quantitative estimate of drug-likeness (QED) is 0.665. The van der Waals surface area contributed by atoms with Crippen LogP contribution in [0.15, 0.2) is 12.1 Å². The Morgan fingerprint density at radius 1 is 1.33 bits per heavy atom. The van der Waals surface area contributed by atoms with Gasteiger partial charge in [-0.1, -0.05) is 23.2 Å². The van der Waals surface area contributed by atoms with Crippen molar-refractivity contribution in [2.75, 3.05) is 18.9 Å². The zero-order valence-electron chi connectivity index (χ0n) is 11.6. The number of hydrogen-bond acceptors (Lipinski definition) is 4. The van der Waals surface area contributed by atoms with Crippen LogP contribution < -0.4 is 5.73 Å². The molecule has 1 aromatic carbocycles. The number of carbonyl (C=O) groups is 2. The second kappa shape index (κ2) is 6.54. The summed E-state index contributed by atoms with van der Waals surface area (Å²) in [4.78, 5) is 25.7. The van der Waals surface area contributed by atoms with Gasteiger partial charge >= 0.3 is 5.97 Å². The fourth-order valence-electron chi connectivity index (χ4n) is 1.97. The second-order valence-electron chi connectivity index (χ2n) is 4.82. The molecule has 21 heavy (non-hydrogen) atoms. The van der Waals surface area contributed by atoms with E-state index in [-0.39, 0.29) is 40.8 Å². The number of carbonyl (C=O) groups excluding carboxylic acids is 2. The third kappa shape index (κ3) is 3.80. The van der Waals surface area contributed by atoms with Gasteiger partial charge in [0.2, 0.25) is 0 Å². The van der Waals surface area contributed by atoms with Crippen LogP contribution in [0.2, 0.25) is 10.0 Å². The molecule has 0 aliphatic heterocycles. The number of rotatable bonds is 5. The molecule has 5 nitrogen and oxygen atoms in total. The van der Waals surface area contributed by atoms with Gasteiger partial charge in [0.05, 0.1) is 22.3 Å². The minimum Gasteiger partial charge on any atom is -0.465 e. The molecule has 0 atom stereocenters. The van der Waals surface area contributed by atoms with Crippen molar-refractivity contribution in [3.05, 3.63) is 27.7 Å². The Morgan fingerprint density at radius 2 is 1.90 bits per heavy atom. The van der Waals surface area contributed by atoms with E-state index in [0.29, 0.717) is 5.56 Å². The molecule has 0 radical (unpaired) electrons. The number of amides is 1. The van der Waals surface area contributed by atoms with Gasteiger partial charge in [0, 0.05) is 11.6 Å². The number of anilines is 1. The summed E-state index contributed by atoms with van der Waals surface area (Å²) < 4.78 is 4.90. The third-order valence-corrected chi connectivity index (χ3v) is 3.80. The van der Waals surface area contributed by atoms with Crippen molar-refractivity contribution in [3.63, 3.8) is 0 Å². The molecule has 0 heterocycles. The summed E-state index contributed by atoms with van der Waals surface area (Å²) in [6.07, 6.45) is 1.75. The summed E-state index contributed by atoms with van der Waals surface area (Å²) in [5.41, 5.74) is 6.21. The molecule has 0 unspecified atom stereocenters. The fraction of sp³-hybridized carbons (Fsp3) is 0.429. The number of nitrogens with two attached hydrogens (primary N) is 1. The first kappa shape index (κ1) is 15.9.